The lowest BCUT2D eigenvalue weighted by molar-refractivity contribution is 0.292. The number of rotatable bonds is 4. The van der Waals surface area contributed by atoms with Gasteiger partial charge >= 0.3 is 5.69 Å². The van der Waals surface area contributed by atoms with Crippen LogP contribution in [0.4, 0.5) is 5.69 Å². The summed E-state index contributed by atoms with van der Waals surface area (Å²) in [6.45, 7) is 0.354. The van der Waals surface area contributed by atoms with Crippen LogP contribution in [0, 0.1) is 0 Å². The molecule has 6 nitrogen and oxygen atoms in total. The molecular weight excluding hydrogens is 326 g/mol. The maximum Gasteiger partial charge on any atom is 0.330 e. The van der Waals surface area contributed by atoms with Crippen molar-refractivity contribution in [2.45, 2.75) is 6.54 Å². The van der Waals surface area contributed by atoms with Gasteiger partial charge in [0.2, 0.25) is 0 Å². The largest absolute Gasteiger partial charge is 0.492 e. The van der Waals surface area contributed by atoms with Crippen LogP contribution in [-0.2, 0) is 13.6 Å². The predicted octanol–water partition coefficient (Wildman–Crippen LogP) is 0.971. The first-order valence-electron chi connectivity index (χ1n) is 5.93. The van der Waals surface area contributed by atoms with Gasteiger partial charge in [0.15, 0.2) is 0 Å². The summed E-state index contributed by atoms with van der Waals surface area (Å²) in [6, 6.07) is 7.29. The monoisotopic (exact) mass is 339 g/mol. The fourth-order valence-corrected chi connectivity index (χ4v) is 2.00. The zero-order valence-electron chi connectivity index (χ0n) is 10.9. The second-order valence-electron chi connectivity index (χ2n) is 4.24. The van der Waals surface area contributed by atoms with E-state index in [9.17, 15) is 9.59 Å². The van der Waals surface area contributed by atoms with E-state index in [4.69, 9.17) is 10.5 Å². The molecule has 0 saturated heterocycles. The van der Waals surface area contributed by atoms with Crippen LogP contribution in [-0.4, -0.2) is 15.7 Å². The molecular formula is C13H14BrN3O3. The average molecular weight is 340 g/mol. The van der Waals surface area contributed by atoms with Gasteiger partial charge in [-0.2, -0.15) is 0 Å². The highest BCUT2D eigenvalue weighted by molar-refractivity contribution is 9.10. The molecule has 0 aliphatic carbocycles. The van der Waals surface area contributed by atoms with Crippen LogP contribution in [0.5, 0.6) is 5.75 Å². The number of benzene rings is 1. The molecule has 0 atom stereocenters. The number of hydrogen-bond acceptors (Lipinski definition) is 4. The predicted molar refractivity (Wildman–Crippen MR) is 80.0 cm³/mol. The molecule has 20 heavy (non-hydrogen) atoms. The van der Waals surface area contributed by atoms with Crippen molar-refractivity contribution in [3.8, 4) is 5.75 Å². The highest BCUT2D eigenvalue weighted by Crippen LogP contribution is 2.15. The lowest BCUT2D eigenvalue weighted by Crippen LogP contribution is -2.40. The highest BCUT2D eigenvalue weighted by atomic mass is 79.9. The molecule has 0 aliphatic heterocycles. The molecule has 0 bridgehead atoms. The van der Waals surface area contributed by atoms with E-state index >= 15 is 0 Å². The number of nitrogens with zero attached hydrogens (tertiary/aromatic N) is 2. The smallest absolute Gasteiger partial charge is 0.330 e. The number of nitrogens with two attached hydrogens (primary N) is 1. The van der Waals surface area contributed by atoms with E-state index in [1.165, 1.54) is 10.8 Å². The Labute approximate surface area is 123 Å². The van der Waals surface area contributed by atoms with Crippen LogP contribution >= 0.6 is 15.9 Å². The number of halogens is 1. The number of hydrogen-bond donors (Lipinski definition) is 1. The zero-order chi connectivity index (χ0) is 14.7. The van der Waals surface area contributed by atoms with E-state index < -0.39 is 11.2 Å². The molecule has 0 aliphatic rings. The van der Waals surface area contributed by atoms with Crippen molar-refractivity contribution in [3.63, 3.8) is 0 Å². The fourth-order valence-electron chi connectivity index (χ4n) is 1.73. The summed E-state index contributed by atoms with van der Waals surface area (Å²) in [5.41, 5.74) is 4.68. The second kappa shape index (κ2) is 5.96. The van der Waals surface area contributed by atoms with E-state index in [0.29, 0.717) is 5.75 Å². The van der Waals surface area contributed by atoms with Crippen molar-refractivity contribution < 1.29 is 4.74 Å². The van der Waals surface area contributed by atoms with Crippen LogP contribution < -0.4 is 21.7 Å². The van der Waals surface area contributed by atoms with Gasteiger partial charge in [0.25, 0.3) is 5.56 Å². The van der Waals surface area contributed by atoms with E-state index in [2.05, 4.69) is 15.9 Å². The maximum absolute atomic E-state index is 11.8. The van der Waals surface area contributed by atoms with Gasteiger partial charge in [0.05, 0.1) is 6.54 Å². The molecule has 1 heterocycles. The standard InChI is InChI=1S/C13H14BrN3O3/c1-16-8-11(15)12(18)17(13(16)19)6-7-20-10-4-2-9(14)3-5-10/h2-5,8H,6-7,15H2,1H3. The van der Waals surface area contributed by atoms with Crippen molar-refractivity contribution in [3.05, 3.63) is 55.8 Å². The third kappa shape index (κ3) is 3.11. The highest BCUT2D eigenvalue weighted by Gasteiger charge is 2.07. The van der Waals surface area contributed by atoms with Crippen molar-refractivity contribution in [2.75, 3.05) is 12.3 Å². The number of aromatic nitrogens is 2. The molecule has 0 saturated carbocycles. The van der Waals surface area contributed by atoms with Gasteiger partial charge in [0, 0.05) is 17.7 Å². The van der Waals surface area contributed by atoms with Gasteiger partial charge in [-0.25, -0.2) is 4.79 Å². The van der Waals surface area contributed by atoms with E-state index in [1.807, 2.05) is 12.1 Å². The fraction of sp³-hybridized carbons (Fsp3) is 0.231. The molecule has 1 aromatic carbocycles. The Morgan fingerprint density at radius 3 is 2.55 bits per heavy atom. The summed E-state index contributed by atoms with van der Waals surface area (Å²) in [7, 11) is 1.55. The molecule has 0 spiro atoms. The SMILES string of the molecule is Cn1cc(N)c(=O)n(CCOc2ccc(Br)cc2)c1=O. The number of anilines is 1. The van der Waals surface area contributed by atoms with Crippen molar-refractivity contribution in [1.82, 2.24) is 9.13 Å². The van der Waals surface area contributed by atoms with Gasteiger partial charge in [-0.05, 0) is 24.3 Å². The Morgan fingerprint density at radius 1 is 1.25 bits per heavy atom. The number of aryl methyl sites for hydroxylation is 1. The minimum Gasteiger partial charge on any atom is -0.492 e. The molecule has 2 aromatic rings. The molecule has 2 N–H and O–H groups in total. The Bertz CT molecular complexity index is 685. The Morgan fingerprint density at radius 2 is 1.90 bits per heavy atom. The maximum atomic E-state index is 11.8. The first kappa shape index (κ1) is 14.4. The molecule has 7 heteroatoms. The van der Waals surface area contributed by atoms with Crippen LogP contribution in [0.1, 0.15) is 0 Å². The molecule has 106 valence electrons. The Hall–Kier alpha value is -2.02. The molecule has 2 rings (SSSR count). The van der Waals surface area contributed by atoms with E-state index in [-0.39, 0.29) is 18.8 Å². The third-order valence-electron chi connectivity index (χ3n) is 2.75. The average Bonchev–Trinajstić information content (AvgIpc) is 2.42. The van der Waals surface area contributed by atoms with Gasteiger partial charge in [-0.1, -0.05) is 15.9 Å². The summed E-state index contributed by atoms with van der Waals surface area (Å²) in [5, 5.41) is 0. The summed E-state index contributed by atoms with van der Waals surface area (Å²) < 4.78 is 8.77. The Kier molecular flexibility index (Phi) is 4.29. The summed E-state index contributed by atoms with van der Waals surface area (Å²) in [5.74, 6) is 0.668. The first-order chi connectivity index (χ1) is 9.49. The molecule has 0 fully saturated rings. The van der Waals surface area contributed by atoms with Gasteiger partial charge in [0.1, 0.15) is 18.0 Å². The quantitative estimate of drug-likeness (QED) is 0.900. The van der Waals surface area contributed by atoms with Crippen molar-refractivity contribution >= 4 is 21.6 Å². The minimum atomic E-state index is -0.493. The lowest BCUT2D eigenvalue weighted by Gasteiger charge is -2.09. The van der Waals surface area contributed by atoms with Crippen LogP contribution in [0.3, 0.4) is 0 Å². The van der Waals surface area contributed by atoms with Crippen molar-refractivity contribution in [2.24, 2.45) is 7.05 Å². The van der Waals surface area contributed by atoms with Crippen LogP contribution in [0.15, 0.2) is 44.5 Å². The van der Waals surface area contributed by atoms with Crippen LogP contribution in [0.25, 0.3) is 0 Å². The van der Waals surface area contributed by atoms with Gasteiger partial charge in [-0.3, -0.25) is 9.36 Å². The Balaban J connectivity index is 2.10. The normalized spacial score (nSPS) is 10.5. The van der Waals surface area contributed by atoms with E-state index in [0.717, 1.165) is 9.04 Å². The van der Waals surface area contributed by atoms with Crippen LogP contribution in [0.2, 0.25) is 0 Å². The second-order valence-corrected chi connectivity index (χ2v) is 5.15. The van der Waals surface area contributed by atoms with Crippen molar-refractivity contribution in [1.29, 1.82) is 0 Å². The first-order valence-corrected chi connectivity index (χ1v) is 6.72. The molecule has 0 radical (unpaired) electrons. The number of nitrogen functional groups attached to an aromatic ring is 1. The summed E-state index contributed by atoms with van der Waals surface area (Å²) in [6.07, 6.45) is 1.32. The molecule has 1 aromatic heterocycles. The third-order valence-corrected chi connectivity index (χ3v) is 3.28. The van der Waals surface area contributed by atoms with E-state index in [1.54, 1.807) is 19.2 Å². The molecule has 0 amide bonds. The van der Waals surface area contributed by atoms with Gasteiger partial charge in [-0.15, -0.1) is 0 Å². The zero-order valence-corrected chi connectivity index (χ0v) is 12.5. The summed E-state index contributed by atoms with van der Waals surface area (Å²) >= 11 is 3.33. The summed E-state index contributed by atoms with van der Waals surface area (Å²) in [4.78, 5) is 23.6. The molecule has 0 unspecified atom stereocenters. The topological polar surface area (TPSA) is 79.2 Å². The lowest BCUT2D eigenvalue weighted by atomic mass is 10.3. The number of ether oxygens (including phenoxy) is 1. The van der Waals surface area contributed by atoms with Gasteiger partial charge < -0.3 is 15.0 Å². The minimum absolute atomic E-state index is 0.0377.